The van der Waals surface area contributed by atoms with E-state index in [1.807, 2.05) is 6.07 Å². The van der Waals surface area contributed by atoms with Crippen LogP contribution in [0, 0.1) is 32.4 Å². The molecule has 98 valence electrons. The number of aryl methyl sites for hydroxylation is 3. The van der Waals surface area contributed by atoms with Gasteiger partial charge in [0.1, 0.15) is 11.6 Å². The van der Waals surface area contributed by atoms with Crippen LogP contribution in [0.2, 0.25) is 0 Å². The molecule has 0 heterocycles. The molecule has 3 heteroatoms. The highest BCUT2D eigenvalue weighted by Crippen LogP contribution is 2.23. The Labute approximate surface area is 110 Å². The third kappa shape index (κ3) is 2.28. The second-order valence-electron chi connectivity index (χ2n) is 4.65. The van der Waals surface area contributed by atoms with Crippen molar-refractivity contribution in [2.45, 2.75) is 20.8 Å². The highest BCUT2D eigenvalue weighted by atomic mass is 19.1. The van der Waals surface area contributed by atoms with Crippen LogP contribution in [0.25, 0.3) is 0 Å². The molecule has 0 radical (unpaired) electrons. The van der Waals surface area contributed by atoms with Crippen LogP contribution in [0.1, 0.15) is 32.6 Å². The van der Waals surface area contributed by atoms with Gasteiger partial charge in [0.2, 0.25) is 0 Å². The van der Waals surface area contributed by atoms with Crippen molar-refractivity contribution in [1.29, 1.82) is 0 Å². The van der Waals surface area contributed by atoms with Crippen LogP contribution in [-0.4, -0.2) is 5.78 Å². The van der Waals surface area contributed by atoms with E-state index in [0.717, 1.165) is 6.07 Å². The second kappa shape index (κ2) is 4.92. The van der Waals surface area contributed by atoms with Gasteiger partial charge in [-0.05, 0) is 43.5 Å². The largest absolute Gasteiger partial charge is 0.288 e. The summed E-state index contributed by atoms with van der Waals surface area (Å²) in [4.78, 5) is 12.4. The SMILES string of the molecule is Cc1ccc(F)c(C(=O)c2c(C)cccc2C)c1F. The highest BCUT2D eigenvalue weighted by molar-refractivity contribution is 6.11. The number of carbonyl (C=O) groups excluding carboxylic acids is 1. The molecule has 2 aromatic rings. The highest BCUT2D eigenvalue weighted by Gasteiger charge is 2.22. The van der Waals surface area contributed by atoms with E-state index in [4.69, 9.17) is 0 Å². The first-order valence-corrected chi connectivity index (χ1v) is 5.99. The summed E-state index contributed by atoms with van der Waals surface area (Å²) in [6.45, 7) is 5.02. The molecule has 0 saturated heterocycles. The lowest BCUT2D eigenvalue weighted by molar-refractivity contribution is 0.103. The third-order valence-corrected chi connectivity index (χ3v) is 3.22. The lowest BCUT2D eigenvalue weighted by Gasteiger charge is -2.11. The van der Waals surface area contributed by atoms with Crippen molar-refractivity contribution in [3.8, 4) is 0 Å². The molecule has 0 spiro atoms. The van der Waals surface area contributed by atoms with Gasteiger partial charge in [0.25, 0.3) is 0 Å². The normalized spacial score (nSPS) is 10.6. The summed E-state index contributed by atoms with van der Waals surface area (Å²) in [5.41, 5.74) is 1.58. The Morgan fingerprint density at radius 1 is 0.842 bits per heavy atom. The zero-order valence-electron chi connectivity index (χ0n) is 11.1. The summed E-state index contributed by atoms with van der Waals surface area (Å²) in [6.07, 6.45) is 0. The summed E-state index contributed by atoms with van der Waals surface area (Å²) < 4.78 is 27.8. The van der Waals surface area contributed by atoms with Crippen LogP contribution in [0.15, 0.2) is 30.3 Å². The lowest BCUT2D eigenvalue weighted by atomic mass is 9.93. The number of hydrogen-bond acceptors (Lipinski definition) is 1. The fourth-order valence-corrected chi connectivity index (χ4v) is 2.16. The van der Waals surface area contributed by atoms with Crippen molar-refractivity contribution in [2.75, 3.05) is 0 Å². The molecule has 0 aliphatic carbocycles. The van der Waals surface area contributed by atoms with Crippen LogP contribution < -0.4 is 0 Å². The lowest BCUT2D eigenvalue weighted by Crippen LogP contribution is -2.11. The van der Waals surface area contributed by atoms with Gasteiger partial charge in [0.05, 0.1) is 5.56 Å². The topological polar surface area (TPSA) is 17.1 Å². The van der Waals surface area contributed by atoms with Gasteiger partial charge in [-0.15, -0.1) is 0 Å². The molecule has 19 heavy (non-hydrogen) atoms. The van der Waals surface area contributed by atoms with Crippen LogP contribution in [0.5, 0.6) is 0 Å². The van der Waals surface area contributed by atoms with Gasteiger partial charge in [0.15, 0.2) is 5.78 Å². The molecule has 0 fully saturated rings. The minimum absolute atomic E-state index is 0.260. The van der Waals surface area contributed by atoms with Gasteiger partial charge < -0.3 is 0 Å². The smallest absolute Gasteiger partial charge is 0.199 e. The number of carbonyl (C=O) groups is 1. The van der Waals surface area contributed by atoms with Gasteiger partial charge in [-0.25, -0.2) is 8.78 Å². The van der Waals surface area contributed by atoms with Crippen molar-refractivity contribution in [3.05, 3.63) is 69.8 Å². The van der Waals surface area contributed by atoms with E-state index in [1.165, 1.54) is 13.0 Å². The minimum Gasteiger partial charge on any atom is -0.288 e. The minimum atomic E-state index is -0.823. The predicted molar refractivity (Wildman–Crippen MR) is 70.4 cm³/mol. The van der Waals surface area contributed by atoms with E-state index >= 15 is 0 Å². The molecular weight excluding hydrogens is 246 g/mol. The van der Waals surface area contributed by atoms with Gasteiger partial charge in [-0.3, -0.25) is 4.79 Å². The maximum atomic E-state index is 14.0. The number of rotatable bonds is 2. The number of hydrogen-bond donors (Lipinski definition) is 0. The zero-order valence-corrected chi connectivity index (χ0v) is 11.1. The maximum absolute atomic E-state index is 14.0. The molecule has 0 unspecified atom stereocenters. The van der Waals surface area contributed by atoms with Crippen LogP contribution >= 0.6 is 0 Å². The standard InChI is InChI=1S/C16H14F2O/c1-9-5-4-6-10(2)13(9)16(19)14-12(17)8-7-11(3)15(14)18/h4-8H,1-3H3. The number of ketones is 1. The quantitative estimate of drug-likeness (QED) is 0.742. The molecule has 0 bridgehead atoms. The Balaban J connectivity index is 2.67. The second-order valence-corrected chi connectivity index (χ2v) is 4.65. The molecule has 2 aromatic carbocycles. The van der Waals surface area contributed by atoms with E-state index in [2.05, 4.69) is 0 Å². The Hall–Kier alpha value is -2.03. The summed E-state index contributed by atoms with van der Waals surface area (Å²) in [7, 11) is 0. The maximum Gasteiger partial charge on any atom is 0.199 e. The number of benzene rings is 2. The van der Waals surface area contributed by atoms with Gasteiger partial charge in [-0.2, -0.15) is 0 Å². The third-order valence-electron chi connectivity index (χ3n) is 3.22. The molecule has 0 saturated carbocycles. The van der Waals surface area contributed by atoms with Crippen molar-refractivity contribution >= 4 is 5.78 Å². The first kappa shape index (κ1) is 13.4. The van der Waals surface area contributed by atoms with Gasteiger partial charge in [0, 0.05) is 5.56 Å². The van der Waals surface area contributed by atoms with Crippen LogP contribution in [0.4, 0.5) is 8.78 Å². The average Bonchev–Trinajstić information content (AvgIpc) is 2.34. The molecule has 0 aromatic heterocycles. The van der Waals surface area contributed by atoms with E-state index < -0.39 is 23.0 Å². The Bertz CT molecular complexity index is 640. The number of halogens is 2. The van der Waals surface area contributed by atoms with Gasteiger partial charge >= 0.3 is 0 Å². The summed E-state index contributed by atoms with van der Waals surface area (Å²) in [5, 5.41) is 0. The zero-order chi connectivity index (χ0) is 14.2. The monoisotopic (exact) mass is 260 g/mol. The molecule has 0 aliphatic rings. The van der Waals surface area contributed by atoms with Crippen LogP contribution in [-0.2, 0) is 0 Å². The molecule has 0 amide bonds. The Morgan fingerprint density at radius 3 is 2.00 bits per heavy atom. The summed E-state index contributed by atoms with van der Waals surface area (Å²) in [6, 6.07) is 7.77. The Kier molecular flexibility index (Phi) is 3.47. The fourth-order valence-electron chi connectivity index (χ4n) is 2.16. The van der Waals surface area contributed by atoms with Crippen molar-refractivity contribution in [1.82, 2.24) is 0 Å². The van der Waals surface area contributed by atoms with E-state index in [1.54, 1.807) is 26.0 Å². The Morgan fingerprint density at radius 2 is 1.42 bits per heavy atom. The summed E-state index contributed by atoms with van der Waals surface area (Å²) in [5.74, 6) is -2.21. The van der Waals surface area contributed by atoms with Crippen molar-refractivity contribution in [2.24, 2.45) is 0 Å². The molecule has 2 rings (SSSR count). The van der Waals surface area contributed by atoms with E-state index in [9.17, 15) is 13.6 Å². The van der Waals surface area contributed by atoms with Crippen LogP contribution in [0.3, 0.4) is 0 Å². The molecule has 0 N–H and O–H groups in total. The predicted octanol–water partition coefficient (Wildman–Crippen LogP) is 4.12. The molecule has 0 atom stereocenters. The summed E-state index contributed by atoms with van der Waals surface area (Å²) >= 11 is 0. The van der Waals surface area contributed by atoms with E-state index in [0.29, 0.717) is 16.7 Å². The van der Waals surface area contributed by atoms with Crippen molar-refractivity contribution in [3.63, 3.8) is 0 Å². The molecule has 1 nitrogen and oxygen atoms in total. The fraction of sp³-hybridized carbons (Fsp3) is 0.188. The van der Waals surface area contributed by atoms with Gasteiger partial charge in [-0.1, -0.05) is 24.3 Å². The molecular formula is C16H14F2O. The molecule has 0 aliphatic heterocycles. The average molecular weight is 260 g/mol. The van der Waals surface area contributed by atoms with Crippen molar-refractivity contribution < 1.29 is 13.6 Å². The van der Waals surface area contributed by atoms with E-state index in [-0.39, 0.29) is 5.56 Å². The first-order chi connectivity index (χ1) is 8.93. The first-order valence-electron chi connectivity index (χ1n) is 5.99.